The van der Waals surface area contributed by atoms with Gasteiger partial charge < -0.3 is 25.4 Å². The third-order valence-electron chi connectivity index (χ3n) is 7.24. The number of nitrogens with zero attached hydrogens (tertiary/aromatic N) is 3. The molecule has 0 radical (unpaired) electrons. The fraction of sp³-hybridized carbons (Fsp3) is 0.393. The fourth-order valence-corrected chi connectivity index (χ4v) is 6.87. The Morgan fingerprint density at radius 3 is 2.54 bits per heavy atom. The Morgan fingerprint density at radius 2 is 1.87 bits per heavy atom. The number of sulfone groups is 1. The van der Waals surface area contributed by atoms with Crippen molar-refractivity contribution in [3.8, 4) is 11.4 Å². The van der Waals surface area contributed by atoms with Gasteiger partial charge in [0.2, 0.25) is 0 Å². The number of ether oxygens (including phenoxy) is 1. The van der Waals surface area contributed by atoms with Gasteiger partial charge in [-0.25, -0.2) is 23.2 Å². The van der Waals surface area contributed by atoms with Gasteiger partial charge in [0.05, 0.1) is 36.5 Å². The molecule has 3 aromatic rings. The van der Waals surface area contributed by atoms with Crippen LogP contribution in [0.3, 0.4) is 0 Å². The summed E-state index contributed by atoms with van der Waals surface area (Å²) in [6.07, 6.45) is 1.85. The second-order valence-electron chi connectivity index (χ2n) is 9.76. The quantitative estimate of drug-likeness (QED) is 0.369. The molecule has 206 valence electrons. The summed E-state index contributed by atoms with van der Waals surface area (Å²) >= 11 is 0. The van der Waals surface area contributed by atoms with Crippen molar-refractivity contribution in [3.63, 3.8) is 0 Å². The van der Waals surface area contributed by atoms with Gasteiger partial charge in [0.25, 0.3) is 0 Å². The van der Waals surface area contributed by atoms with E-state index in [1.165, 1.54) is 0 Å². The second kappa shape index (κ2) is 11.3. The fourth-order valence-electron chi connectivity index (χ4n) is 4.89. The number of hydrogen-bond acceptors (Lipinski definition) is 8. The molecular formula is C28H33N5O5S. The molecular weight excluding hydrogens is 518 g/mol. The van der Waals surface area contributed by atoms with Crippen LogP contribution in [-0.2, 0) is 19.3 Å². The number of aliphatic hydroxyl groups is 1. The van der Waals surface area contributed by atoms with Crippen molar-refractivity contribution in [1.82, 2.24) is 15.3 Å². The topological polar surface area (TPSA) is 134 Å². The van der Waals surface area contributed by atoms with Crippen LogP contribution in [0.25, 0.3) is 11.4 Å². The van der Waals surface area contributed by atoms with Crippen LogP contribution >= 0.6 is 0 Å². The molecule has 3 N–H and O–H groups in total. The number of aliphatic hydroxyl groups excluding tert-OH is 1. The van der Waals surface area contributed by atoms with Gasteiger partial charge in [0.1, 0.15) is 10.6 Å². The highest BCUT2D eigenvalue weighted by molar-refractivity contribution is 7.92. The predicted octanol–water partition coefficient (Wildman–Crippen LogP) is 3.34. The molecule has 2 heterocycles. The number of carbonyl (C=O) groups excluding carboxylic acids is 1. The van der Waals surface area contributed by atoms with Crippen LogP contribution < -0.4 is 15.5 Å². The first-order valence-electron chi connectivity index (χ1n) is 13.2. The first-order chi connectivity index (χ1) is 18.9. The Bertz CT molecular complexity index is 1410. The molecule has 0 spiro atoms. The zero-order valence-corrected chi connectivity index (χ0v) is 22.7. The Balaban J connectivity index is 1.54. The van der Waals surface area contributed by atoms with E-state index < -0.39 is 20.6 Å². The third-order valence-corrected chi connectivity index (χ3v) is 9.78. The van der Waals surface area contributed by atoms with E-state index in [-0.39, 0.29) is 24.1 Å². The number of amides is 2. The van der Waals surface area contributed by atoms with Crippen LogP contribution in [0.5, 0.6) is 0 Å². The maximum absolute atomic E-state index is 13.8. The van der Waals surface area contributed by atoms with E-state index in [2.05, 4.69) is 22.5 Å². The van der Waals surface area contributed by atoms with Crippen LogP contribution in [0.2, 0.25) is 0 Å². The summed E-state index contributed by atoms with van der Waals surface area (Å²) in [6.45, 7) is 3.90. The molecule has 10 nitrogen and oxygen atoms in total. The molecule has 2 aliphatic rings. The lowest BCUT2D eigenvalue weighted by Crippen LogP contribution is -2.45. The van der Waals surface area contributed by atoms with Crippen LogP contribution in [0, 0.1) is 0 Å². The molecule has 2 aromatic carbocycles. The van der Waals surface area contributed by atoms with Crippen molar-refractivity contribution < 1.29 is 23.1 Å². The van der Waals surface area contributed by atoms with E-state index in [0.29, 0.717) is 61.2 Å². The lowest BCUT2D eigenvalue weighted by molar-refractivity contribution is 0.0925. The molecule has 11 heteroatoms. The minimum atomic E-state index is -3.68. The first-order valence-corrected chi connectivity index (χ1v) is 14.7. The number of benzene rings is 2. The summed E-state index contributed by atoms with van der Waals surface area (Å²) in [5.74, 6) is 1.11. The number of urea groups is 1. The van der Waals surface area contributed by atoms with E-state index >= 15 is 0 Å². The van der Waals surface area contributed by atoms with Crippen molar-refractivity contribution in [2.24, 2.45) is 0 Å². The summed E-state index contributed by atoms with van der Waals surface area (Å²) in [5, 5.41) is 14.1. The maximum atomic E-state index is 13.8. The number of nitrogens with one attached hydrogen (secondary N) is 2. The molecule has 1 atom stereocenters. The van der Waals surface area contributed by atoms with Crippen LogP contribution in [0.15, 0.2) is 65.6 Å². The number of rotatable bonds is 9. The van der Waals surface area contributed by atoms with Crippen molar-refractivity contribution >= 4 is 27.4 Å². The molecule has 2 amide bonds. The zero-order chi connectivity index (χ0) is 27.5. The van der Waals surface area contributed by atoms with E-state index in [1.807, 2.05) is 6.07 Å². The van der Waals surface area contributed by atoms with Gasteiger partial charge >= 0.3 is 6.03 Å². The normalized spacial score (nSPS) is 18.4. The van der Waals surface area contributed by atoms with Crippen molar-refractivity contribution in [1.29, 1.82) is 0 Å². The summed E-state index contributed by atoms with van der Waals surface area (Å²) < 4.78 is 32.3. The van der Waals surface area contributed by atoms with Crippen LogP contribution in [0.1, 0.15) is 31.9 Å². The largest absolute Gasteiger partial charge is 0.395 e. The average Bonchev–Trinajstić information content (AvgIpc) is 3.80. The lowest BCUT2D eigenvalue weighted by atomic mass is 10.1. The number of carbonyl (C=O) groups is 1. The molecule has 1 aliphatic carbocycles. The van der Waals surface area contributed by atoms with Gasteiger partial charge in [0.15, 0.2) is 15.7 Å². The molecule has 1 aliphatic heterocycles. The highest BCUT2D eigenvalue weighted by Gasteiger charge is 2.58. The highest BCUT2D eigenvalue weighted by Crippen LogP contribution is 2.55. The lowest BCUT2D eigenvalue weighted by Gasteiger charge is -2.36. The number of aromatic nitrogens is 2. The Labute approximate surface area is 228 Å². The average molecular weight is 552 g/mol. The summed E-state index contributed by atoms with van der Waals surface area (Å²) in [6, 6.07) is 17.2. The first kappa shape index (κ1) is 27.0. The standard InChI is InChI=1S/C28H33N5O5S/c1-2-22-19-38-17-15-33(22)25-18-24(28(12-13-28)39(36,37)23-6-4-3-5-7-23)31-26(32-25)20-8-10-21(11-9-20)30-27(35)29-14-16-34/h3-11,18,22,34H,2,12-17,19H2,1H3,(H2,29,30,35)/t22-/m0/s1. The molecule has 39 heavy (non-hydrogen) atoms. The molecule has 5 rings (SSSR count). The van der Waals surface area contributed by atoms with Gasteiger partial charge in [-0.2, -0.15) is 0 Å². The zero-order valence-electron chi connectivity index (χ0n) is 21.8. The van der Waals surface area contributed by atoms with E-state index in [9.17, 15) is 13.2 Å². The Kier molecular flexibility index (Phi) is 7.83. The van der Waals surface area contributed by atoms with Crippen molar-refractivity contribution in [2.45, 2.75) is 41.9 Å². The van der Waals surface area contributed by atoms with Crippen molar-refractivity contribution in [2.75, 3.05) is 43.1 Å². The smallest absolute Gasteiger partial charge is 0.319 e. The van der Waals surface area contributed by atoms with Gasteiger partial charge in [-0.1, -0.05) is 25.1 Å². The summed E-state index contributed by atoms with van der Waals surface area (Å²) in [5.41, 5.74) is 1.77. The third kappa shape index (κ3) is 5.47. The van der Waals surface area contributed by atoms with E-state index in [1.54, 1.807) is 54.6 Å². The van der Waals surface area contributed by atoms with Gasteiger partial charge in [0, 0.05) is 30.4 Å². The van der Waals surface area contributed by atoms with Crippen LogP contribution in [0.4, 0.5) is 16.3 Å². The number of hydrogen-bond donors (Lipinski definition) is 3. The van der Waals surface area contributed by atoms with E-state index in [4.69, 9.17) is 19.8 Å². The molecule has 1 saturated heterocycles. The van der Waals surface area contributed by atoms with Crippen molar-refractivity contribution in [3.05, 3.63) is 66.4 Å². The van der Waals surface area contributed by atoms with Gasteiger partial charge in [-0.05, 0) is 55.7 Å². The minimum Gasteiger partial charge on any atom is -0.395 e. The van der Waals surface area contributed by atoms with Gasteiger partial charge in [-0.15, -0.1) is 0 Å². The second-order valence-corrected chi connectivity index (χ2v) is 12.0. The minimum absolute atomic E-state index is 0.124. The monoisotopic (exact) mass is 551 g/mol. The number of morpholine rings is 1. The molecule has 1 aromatic heterocycles. The SMILES string of the molecule is CC[C@H]1COCCN1c1cc(C2(S(=O)(=O)c3ccccc3)CC2)nc(-c2ccc(NC(=O)NCCO)cc2)n1. The Morgan fingerprint density at radius 1 is 1.13 bits per heavy atom. The maximum Gasteiger partial charge on any atom is 0.319 e. The number of anilines is 2. The molecule has 0 unspecified atom stereocenters. The molecule has 2 fully saturated rings. The molecule has 0 bridgehead atoms. The van der Waals surface area contributed by atoms with Gasteiger partial charge in [-0.3, -0.25) is 0 Å². The Hall–Kier alpha value is -3.54. The summed E-state index contributed by atoms with van der Waals surface area (Å²) in [4.78, 5) is 24.1. The predicted molar refractivity (Wildman–Crippen MR) is 148 cm³/mol. The highest BCUT2D eigenvalue weighted by atomic mass is 32.2. The van der Waals surface area contributed by atoms with Crippen LogP contribution in [-0.4, -0.2) is 68.5 Å². The molecule has 1 saturated carbocycles. The summed E-state index contributed by atoms with van der Waals surface area (Å²) in [7, 11) is -3.68. The van der Waals surface area contributed by atoms with E-state index in [0.717, 1.165) is 6.42 Å².